The minimum absolute atomic E-state index is 0.954. The van der Waals surface area contributed by atoms with Crippen molar-refractivity contribution in [2.24, 2.45) is 0 Å². The van der Waals surface area contributed by atoms with Crippen molar-refractivity contribution >= 4 is 27.5 Å². The molecule has 0 saturated carbocycles. The minimum Gasteiger partial charge on any atom is -0.370 e. The van der Waals surface area contributed by atoms with Crippen LogP contribution >= 0.6 is 0 Å². The number of para-hydroxylation sites is 1. The molecule has 0 bridgehead atoms. The Kier molecular flexibility index (Phi) is 4.04. The third-order valence-corrected chi connectivity index (χ3v) is 5.75. The first-order chi connectivity index (χ1) is 12.2. The van der Waals surface area contributed by atoms with Crippen LogP contribution in [0.4, 0.5) is 0 Å². The van der Waals surface area contributed by atoms with Gasteiger partial charge in [-0.05, 0) is 30.8 Å². The molecule has 4 rings (SSSR count). The molecule has 0 N–H and O–H groups in total. The lowest BCUT2D eigenvalue weighted by molar-refractivity contribution is 0.293. The molecule has 3 aromatic rings. The zero-order valence-electron chi connectivity index (χ0n) is 15.5. The summed E-state index contributed by atoms with van der Waals surface area (Å²) in [5.41, 5.74) is 6.58. The van der Waals surface area contributed by atoms with Gasteiger partial charge in [-0.15, -0.1) is 0 Å². The summed E-state index contributed by atoms with van der Waals surface area (Å²) in [5, 5.41) is 2.79. The summed E-state index contributed by atoms with van der Waals surface area (Å²) >= 11 is 0. The average molecular weight is 333 g/mol. The number of hydrogen-bond acceptors (Lipinski definition) is 2. The highest BCUT2D eigenvalue weighted by molar-refractivity contribution is 6.11. The molecule has 3 nitrogen and oxygen atoms in total. The Bertz CT molecular complexity index is 947. The van der Waals surface area contributed by atoms with Gasteiger partial charge in [0.05, 0.1) is 0 Å². The van der Waals surface area contributed by atoms with Crippen LogP contribution in [0, 0.1) is 0 Å². The maximum Gasteiger partial charge on any atom is 0.0495 e. The van der Waals surface area contributed by atoms with Crippen molar-refractivity contribution in [3.63, 3.8) is 0 Å². The molecule has 1 aliphatic rings. The van der Waals surface area contributed by atoms with Crippen LogP contribution in [0.3, 0.4) is 0 Å². The highest BCUT2D eigenvalue weighted by atomic mass is 15.1. The first kappa shape index (κ1) is 16.2. The van der Waals surface area contributed by atoms with Crippen LogP contribution in [-0.4, -0.2) is 41.0 Å². The molecule has 2 aromatic carbocycles. The molecule has 0 fully saturated rings. The van der Waals surface area contributed by atoms with E-state index in [-0.39, 0.29) is 0 Å². The molecule has 0 unspecified atom stereocenters. The van der Waals surface area contributed by atoms with Crippen LogP contribution < -0.4 is 0 Å². The summed E-state index contributed by atoms with van der Waals surface area (Å²) in [6, 6.07) is 13.4. The van der Waals surface area contributed by atoms with Gasteiger partial charge < -0.3 is 14.4 Å². The number of likely N-dealkylation sites (N-methyl/N-ethyl adjacent to an activating group) is 1. The molecular weight excluding hydrogens is 306 g/mol. The number of hydrogen-bond donors (Lipinski definition) is 0. The van der Waals surface area contributed by atoms with E-state index in [1.807, 2.05) is 0 Å². The monoisotopic (exact) mass is 333 g/mol. The van der Waals surface area contributed by atoms with Gasteiger partial charge in [0.1, 0.15) is 0 Å². The minimum atomic E-state index is 0.954. The molecule has 0 radical (unpaired) electrons. The number of aromatic nitrogens is 1. The summed E-state index contributed by atoms with van der Waals surface area (Å²) in [7, 11) is 2.13. The van der Waals surface area contributed by atoms with Gasteiger partial charge in [0.2, 0.25) is 0 Å². The highest BCUT2D eigenvalue weighted by Gasteiger charge is 2.24. The second-order valence-electron chi connectivity index (χ2n) is 6.98. The van der Waals surface area contributed by atoms with E-state index >= 15 is 0 Å². The molecule has 3 heteroatoms. The van der Waals surface area contributed by atoms with Gasteiger partial charge in [-0.1, -0.05) is 44.7 Å². The highest BCUT2D eigenvalue weighted by Crippen LogP contribution is 2.40. The van der Waals surface area contributed by atoms with Gasteiger partial charge in [-0.2, -0.15) is 0 Å². The molecule has 1 aromatic heterocycles. The molecule has 25 heavy (non-hydrogen) atoms. The van der Waals surface area contributed by atoms with Crippen molar-refractivity contribution in [1.29, 1.82) is 0 Å². The number of rotatable bonds is 5. The van der Waals surface area contributed by atoms with Crippen molar-refractivity contribution in [3.8, 4) is 0 Å². The lowest BCUT2D eigenvalue weighted by Gasteiger charge is -2.19. The van der Waals surface area contributed by atoms with E-state index in [0.717, 1.165) is 38.4 Å². The largest absolute Gasteiger partial charge is 0.370 e. The van der Waals surface area contributed by atoms with Crippen molar-refractivity contribution in [2.45, 2.75) is 26.9 Å². The van der Waals surface area contributed by atoms with Crippen molar-refractivity contribution in [2.75, 3.05) is 26.7 Å². The van der Waals surface area contributed by atoms with Gasteiger partial charge >= 0.3 is 0 Å². The molecule has 130 valence electrons. The lowest BCUT2D eigenvalue weighted by Crippen LogP contribution is -2.26. The predicted octanol–water partition coefficient (Wildman–Crippen LogP) is 4.55. The fourth-order valence-corrected chi connectivity index (χ4v) is 4.21. The average Bonchev–Trinajstić information content (AvgIpc) is 3.11. The first-order valence-electron chi connectivity index (χ1n) is 9.31. The Labute approximate surface area is 150 Å². The van der Waals surface area contributed by atoms with Crippen LogP contribution in [0.25, 0.3) is 27.5 Å². The summed E-state index contributed by atoms with van der Waals surface area (Å²) in [4.78, 5) is 4.75. The normalized spacial score (nSPS) is 14.2. The van der Waals surface area contributed by atoms with Crippen LogP contribution in [0.1, 0.15) is 25.0 Å². The topological polar surface area (TPSA) is 11.4 Å². The fourth-order valence-electron chi connectivity index (χ4n) is 4.21. The van der Waals surface area contributed by atoms with Crippen molar-refractivity contribution < 1.29 is 0 Å². The summed E-state index contributed by atoms with van der Waals surface area (Å²) in [6.45, 7) is 14.0. The quantitative estimate of drug-likeness (QED) is 0.678. The van der Waals surface area contributed by atoms with Crippen LogP contribution in [0.2, 0.25) is 0 Å². The van der Waals surface area contributed by atoms with Gasteiger partial charge in [0.25, 0.3) is 0 Å². The van der Waals surface area contributed by atoms with Gasteiger partial charge in [0, 0.05) is 59.7 Å². The third-order valence-electron chi connectivity index (χ3n) is 5.75. The van der Waals surface area contributed by atoms with E-state index in [9.17, 15) is 0 Å². The molecule has 0 amide bonds. The molecule has 1 aliphatic heterocycles. The maximum atomic E-state index is 4.26. The molecular formula is C22H27N3. The molecule has 0 spiro atoms. The molecule has 2 heterocycles. The first-order valence-corrected chi connectivity index (χ1v) is 9.31. The fraction of sp³-hybridized carbons (Fsp3) is 0.364. The van der Waals surface area contributed by atoms with Gasteiger partial charge in [-0.3, -0.25) is 0 Å². The van der Waals surface area contributed by atoms with Crippen LogP contribution in [0.5, 0.6) is 0 Å². The standard InChI is InChI=1S/C22H27N3/c1-5-24(6-2)13-14-25-20-10-8-7-9-18(20)22-19-15-23(4)16(3)17(19)11-12-21(22)25/h7-12H,3,5-6,13-15H2,1-2,4H3. The number of fused-ring (bicyclic) bond motifs is 5. The predicted molar refractivity (Wildman–Crippen MR) is 108 cm³/mol. The third kappa shape index (κ3) is 2.46. The van der Waals surface area contributed by atoms with Crippen LogP contribution in [0.15, 0.2) is 43.0 Å². The van der Waals surface area contributed by atoms with Gasteiger partial charge in [-0.25, -0.2) is 0 Å². The Morgan fingerprint density at radius 1 is 1.04 bits per heavy atom. The molecule has 0 aliphatic carbocycles. The Hall–Kier alpha value is -2.26. The SMILES string of the molecule is C=C1c2ccc3c(c2CN1C)c1ccccc1n3CCN(CC)CC. The summed E-state index contributed by atoms with van der Waals surface area (Å²) < 4.78 is 2.50. The van der Waals surface area contributed by atoms with E-state index < -0.39 is 0 Å². The maximum absolute atomic E-state index is 4.26. The zero-order valence-corrected chi connectivity index (χ0v) is 15.5. The second-order valence-corrected chi connectivity index (χ2v) is 6.98. The Morgan fingerprint density at radius 2 is 1.80 bits per heavy atom. The van der Waals surface area contributed by atoms with Crippen molar-refractivity contribution in [1.82, 2.24) is 14.4 Å². The Balaban J connectivity index is 1.91. The molecule has 0 atom stereocenters. The number of benzene rings is 2. The van der Waals surface area contributed by atoms with E-state index in [2.05, 4.69) is 78.2 Å². The summed E-state index contributed by atoms with van der Waals surface area (Å²) in [5.74, 6) is 0. The van der Waals surface area contributed by atoms with E-state index in [4.69, 9.17) is 0 Å². The van der Waals surface area contributed by atoms with E-state index in [1.165, 1.54) is 32.9 Å². The van der Waals surface area contributed by atoms with Crippen molar-refractivity contribution in [3.05, 3.63) is 54.1 Å². The number of nitrogens with zero attached hydrogens (tertiary/aromatic N) is 3. The second kappa shape index (κ2) is 6.23. The lowest BCUT2D eigenvalue weighted by atomic mass is 10.0. The van der Waals surface area contributed by atoms with E-state index in [1.54, 1.807) is 0 Å². The Morgan fingerprint density at radius 3 is 2.56 bits per heavy atom. The van der Waals surface area contributed by atoms with Gasteiger partial charge in [0.15, 0.2) is 0 Å². The van der Waals surface area contributed by atoms with E-state index in [0.29, 0.717) is 0 Å². The molecule has 0 saturated heterocycles. The summed E-state index contributed by atoms with van der Waals surface area (Å²) in [6.07, 6.45) is 0. The smallest absolute Gasteiger partial charge is 0.0495 e. The van der Waals surface area contributed by atoms with Crippen LogP contribution in [-0.2, 0) is 13.1 Å². The zero-order chi connectivity index (χ0) is 17.6.